The molecule has 4 aromatic rings. The van der Waals surface area contributed by atoms with E-state index in [1.807, 2.05) is 42.5 Å². The lowest BCUT2D eigenvalue weighted by atomic mass is 10.0. The molecule has 0 saturated heterocycles. The number of amides is 1. The van der Waals surface area contributed by atoms with Gasteiger partial charge in [-0.3, -0.25) is 4.79 Å². The Hall–Kier alpha value is -3.69. The highest BCUT2D eigenvalue weighted by Gasteiger charge is 2.32. The van der Waals surface area contributed by atoms with Gasteiger partial charge in [0.15, 0.2) is 6.04 Å². The highest BCUT2D eigenvalue weighted by Crippen LogP contribution is 2.19. The summed E-state index contributed by atoms with van der Waals surface area (Å²) in [5, 5.41) is 3.20. The predicted octanol–water partition coefficient (Wildman–Crippen LogP) is 5.78. The number of quaternary nitrogens is 1. The van der Waals surface area contributed by atoms with Gasteiger partial charge >= 0.3 is 0 Å². The number of anilines is 1. The topological polar surface area (TPSA) is 33.5 Å². The van der Waals surface area contributed by atoms with Crippen LogP contribution in [-0.2, 0) is 17.9 Å². The van der Waals surface area contributed by atoms with E-state index in [4.69, 9.17) is 0 Å². The van der Waals surface area contributed by atoms with Gasteiger partial charge in [-0.25, -0.2) is 0 Å². The fourth-order valence-electron chi connectivity index (χ4n) is 4.37. The predicted molar refractivity (Wildman–Crippen MR) is 140 cm³/mol. The van der Waals surface area contributed by atoms with Crippen molar-refractivity contribution >= 4 is 11.6 Å². The molecule has 3 nitrogen and oxygen atoms in total. The van der Waals surface area contributed by atoms with Crippen LogP contribution in [-0.4, -0.2) is 5.91 Å². The highest BCUT2D eigenvalue weighted by atomic mass is 16.2. The maximum absolute atomic E-state index is 13.8. The molecular formula is C31H33N2O+. The lowest BCUT2D eigenvalue weighted by Crippen LogP contribution is -3.10. The molecule has 3 heteroatoms. The normalized spacial score (nSPS) is 12.0. The first-order valence-corrected chi connectivity index (χ1v) is 12.0. The molecule has 0 aliphatic heterocycles. The fourth-order valence-corrected chi connectivity index (χ4v) is 4.37. The molecule has 0 saturated carbocycles. The smallest absolute Gasteiger partial charge is 0.287 e. The Kier molecular flexibility index (Phi) is 7.90. The minimum atomic E-state index is -0.355. The summed E-state index contributed by atoms with van der Waals surface area (Å²) in [6.45, 7) is 5.84. The van der Waals surface area contributed by atoms with Crippen molar-refractivity contribution in [3.05, 3.63) is 138 Å². The standard InChI is InChI=1S/C31H32N2O/c1-24(2)27-18-20-29(21-19-27)32-31(34)30(28-16-10-5-11-17-28)33(22-25-12-6-3-7-13-25)23-26-14-8-4-9-15-26/h3-21,24,30H,22-23H2,1-2H3,(H,32,34)/p+1. The molecule has 34 heavy (non-hydrogen) atoms. The van der Waals surface area contributed by atoms with Crippen molar-refractivity contribution in [2.24, 2.45) is 0 Å². The van der Waals surface area contributed by atoms with Gasteiger partial charge in [-0.1, -0.05) is 117 Å². The van der Waals surface area contributed by atoms with Crippen LogP contribution in [0, 0.1) is 0 Å². The summed E-state index contributed by atoms with van der Waals surface area (Å²) in [4.78, 5) is 15.0. The third-order valence-electron chi connectivity index (χ3n) is 6.20. The van der Waals surface area contributed by atoms with E-state index < -0.39 is 0 Å². The zero-order chi connectivity index (χ0) is 23.8. The van der Waals surface area contributed by atoms with Crippen molar-refractivity contribution in [2.75, 3.05) is 5.32 Å². The Morgan fingerprint density at radius 3 is 1.59 bits per heavy atom. The molecule has 0 aliphatic carbocycles. The zero-order valence-corrected chi connectivity index (χ0v) is 19.9. The van der Waals surface area contributed by atoms with E-state index in [1.165, 1.54) is 21.6 Å². The van der Waals surface area contributed by atoms with Crippen LogP contribution in [0.25, 0.3) is 0 Å². The molecular weight excluding hydrogens is 416 g/mol. The molecule has 1 unspecified atom stereocenters. The molecule has 0 heterocycles. The van der Waals surface area contributed by atoms with Crippen molar-refractivity contribution in [3.63, 3.8) is 0 Å². The second-order valence-electron chi connectivity index (χ2n) is 9.09. The molecule has 0 fully saturated rings. The van der Waals surface area contributed by atoms with Crippen LogP contribution in [0.1, 0.15) is 48.1 Å². The van der Waals surface area contributed by atoms with Crippen LogP contribution in [0.15, 0.2) is 115 Å². The van der Waals surface area contributed by atoms with Crippen LogP contribution in [0.4, 0.5) is 5.69 Å². The van der Waals surface area contributed by atoms with Crippen molar-refractivity contribution in [2.45, 2.75) is 38.9 Å². The zero-order valence-electron chi connectivity index (χ0n) is 19.9. The number of hydrogen-bond acceptors (Lipinski definition) is 1. The van der Waals surface area contributed by atoms with E-state index in [2.05, 4.69) is 92.0 Å². The minimum absolute atomic E-state index is 0.00496. The monoisotopic (exact) mass is 449 g/mol. The first kappa shape index (κ1) is 23.5. The van der Waals surface area contributed by atoms with Crippen LogP contribution in [0.5, 0.6) is 0 Å². The van der Waals surface area contributed by atoms with Crippen molar-refractivity contribution < 1.29 is 9.69 Å². The first-order valence-electron chi connectivity index (χ1n) is 12.0. The van der Waals surface area contributed by atoms with E-state index >= 15 is 0 Å². The average molecular weight is 450 g/mol. The second-order valence-corrected chi connectivity index (χ2v) is 9.09. The molecule has 0 aliphatic rings. The Labute approximate surface area is 203 Å². The number of carbonyl (C=O) groups excluding carboxylic acids is 1. The first-order chi connectivity index (χ1) is 16.6. The van der Waals surface area contributed by atoms with Crippen molar-refractivity contribution in [1.29, 1.82) is 0 Å². The largest absolute Gasteiger partial charge is 0.321 e. The molecule has 0 spiro atoms. The summed E-state index contributed by atoms with van der Waals surface area (Å²) in [7, 11) is 0. The molecule has 1 amide bonds. The Balaban J connectivity index is 1.67. The molecule has 0 radical (unpaired) electrons. The summed E-state index contributed by atoms with van der Waals surface area (Å²) in [6.07, 6.45) is 0. The van der Waals surface area contributed by atoms with Gasteiger partial charge in [0.2, 0.25) is 0 Å². The molecule has 2 N–H and O–H groups in total. The quantitative estimate of drug-likeness (QED) is 0.334. The molecule has 4 rings (SSSR count). The number of nitrogens with one attached hydrogen (secondary N) is 2. The average Bonchev–Trinajstić information content (AvgIpc) is 2.86. The van der Waals surface area contributed by atoms with E-state index in [9.17, 15) is 4.79 Å². The maximum Gasteiger partial charge on any atom is 0.287 e. The van der Waals surface area contributed by atoms with Crippen LogP contribution >= 0.6 is 0 Å². The fraction of sp³-hybridized carbons (Fsp3) is 0.194. The maximum atomic E-state index is 13.8. The number of rotatable bonds is 9. The van der Waals surface area contributed by atoms with Gasteiger partial charge in [0.25, 0.3) is 5.91 Å². The molecule has 0 aromatic heterocycles. The summed E-state index contributed by atoms with van der Waals surface area (Å²) >= 11 is 0. The van der Waals surface area contributed by atoms with E-state index in [1.54, 1.807) is 0 Å². The van der Waals surface area contributed by atoms with Crippen LogP contribution < -0.4 is 10.2 Å². The van der Waals surface area contributed by atoms with Crippen LogP contribution in [0.2, 0.25) is 0 Å². The van der Waals surface area contributed by atoms with Gasteiger partial charge in [-0.15, -0.1) is 0 Å². The number of carbonyl (C=O) groups is 1. The lowest BCUT2D eigenvalue weighted by Gasteiger charge is -2.28. The van der Waals surface area contributed by atoms with Crippen molar-refractivity contribution in [1.82, 2.24) is 0 Å². The molecule has 172 valence electrons. The van der Waals surface area contributed by atoms with E-state index in [-0.39, 0.29) is 11.9 Å². The van der Waals surface area contributed by atoms with Crippen molar-refractivity contribution in [3.8, 4) is 0 Å². The van der Waals surface area contributed by atoms with Crippen LogP contribution in [0.3, 0.4) is 0 Å². The van der Waals surface area contributed by atoms with E-state index in [0.717, 1.165) is 24.3 Å². The van der Waals surface area contributed by atoms with Gasteiger partial charge in [-0.2, -0.15) is 0 Å². The van der Waals surface area contributed by atoms with Gasteiger partial charge < -0.3 is 10.2 Å². The summed E-state index contributed by atoms with van der Waals surface area (Å²) in [5.41, 5.74) is 5.53. The second kappa shape index (κ2) is 11.4. The molecule has 0 bridgehead atoms. The molecule has 4 aromatic carbocycles. The minimum Gasteiger partial charge on any atom is -0.321 e. The highest BCUT2D eigenvalue weighted by molar-refractivity contribution is 5.94. The summed E-state index contributed by atoms with van der Waals surface area (Å²) < 4.78 is 0. The van der Waals surface area contributed by atoms with E-state index in [0.29, 0.717) is 5.92 Å². The summed E-state index contributed by atoms with van der Waals surface area (Å²) in [6, 6.07) is 38.8. The lowest BCUT2D eigenvalue weighted by molar-refractivity contribution is -0.948. The molecule has 1 atom stereocenters. The third-order valence-corrected chi connectivity index (χ3v) is 6.20. The SMILES string of the molecule is CC(C)c1ccc(NC(=O)C(c2ccccc2)[NH+](Cc2ccccc2)Cc2ccccc2)cc1. The number of hydrogen-bond donors (Lipinski definition) is 2. The van der Waals surface area contributed by atoms with Gasteiger partial charge in [0, 0.05) is 22.4 Å². The summed E-state index contributed by atoms with van der Waals surface area (Å²) in [5.74, 6) is 0.462. The Morgan fingerprint density at radius 1 is 0.647 bits per heavy atom. The third kappa shape index (κ3) is 6.21. The Morgan fingerprint density at radius 2 is 1.12 bits per heavy atom. The van der Waals surface area contributed by atoms with Gasteiger partial charge in [-0.05, 0) is 23.6 Å². The van der Waals surface area contributed by atoms with Gasteiger partial charge in [0.05, 0.1) is 0 Å². The Bertz CT molecular complexity index is 1110. The number of benzene rings is 4. The van der Waals surface area contributed by atoms with Gasteiger partial charge in [0.1, 0.15) is 13.1 Å².